The molecule has 1 saturated carbocycles. The van der Waals surface area contributed by atoms with Crippen molar-refractivity contribution < 1.29 is 26.0 Å². The number of alkyl halides is 3. The Morgan fingerprint density at radius 1 is 1.18 bits per heavy atom. The van der Waals surface area contributed by atoms with Gasteiger partial charge >= 0.3 is 6.18 Å². The summed E-state index contributed by atoms with van der Waals surface area (Å²) in [5.74, 6) is -0.490. The van der Waals surface area contributed by atoms with Gasteiger partial charge in [0, 0.05) is 17.6 Å². The minimum absolute atomic E-state index is 0.0540. The molecular weight excluding hydrogens is 472 g/mol. The Morgan fingerprint density at radius 2 is 1.88 bits per heavy atom. The first-order valence-corrected chi connectivity index (χ1v) is 12.3. The maximum atomic E-state index is 14.0. The largest absolute Gasteiger partial charge is 0.404 e. The number of nitrogens with one attached hydrogen (secondary N) is 1. The van der Waals surface area contributed by atoms with Crippen LogP contribution in [0.4, 0.5) is 17.6 Å². The lowest BCUT2D eigenvalue weighted by atomic mass is 9.95. The van der Waals surface area contributed by atoms with Gasteiger partial charge in [-0.3, -0.25) is 4.98 Å². The fourth-order valence-electron chi connectivity index (χ4n) is 4.42. The Bertz CT molecular complexity index is 1350. The van der Waals surface area contributed by atoms with Crippen LogP contribution in [-0.4, -0.2) is 30.2 Å². The molecule has 0 amide bonds. The number of nitriles is 1. The maximum Gasteiger partial charge on any atom is 0.404 e. The van der Waals surface area contributed by atoms with Gasteiger partial charge in [0.1, 0.15) is 22.8 Å². The highest BCUT2D eigenvalue weighted by molar-refractivity contribution is 7.89. The number of halogens is 4. The molecule has 4 rings (SSSR count). The highest BCUT2D eigenvalue weighted by Crippen LogP contribution is 2.40. The van der Waals surface area contributed by atoms with Crippen molar-refractivity contribution >= 4 is 20.9 Å². The number of hydrogen-bond donors (Lipinski definition) is 1. The van der Waals surface area contributed by atoms with Crippen LogP contribution < -0.4 is 4.72 Å². The van der Waals surface area contributed by atoms with E-state index in [1.54, 1.807) is 10.8 Å². The van der Waals surface area contributed by atoms with Gasteiger partial charge < -0.3 is 4.57 Å². The van der Waals surface area contributed by atoms with Crippen LogP contribution in [0.15, 0.2) is 41.4 Å². The van der Waals surface area contributed by atoms with Crippen molar-refractivity contribution in [2.45, 2.75) is 62.2 Å². The third-order valence-corrected chi connectivity index (χ3v) is 7.65. The molecule has 0 spiro atoms. The fourth-order valence-corrected chi connectivity index (χ4v) is 5.59. The Hall–Kier alpha value is -2.97. The molecule has 2 aromatic heterocycles. The van der Waals surface area contributed by atoms with Gasteiger partial charge in [-0.05, 0) is 50.1 Å². The molecule has 1 aliphatic rings. The van der Waals surface area contributed by atoms with Crippen molar-refractivity contribution in [3.63, 3.8) is 0 Å². The maximum absolute atomic E-state index is 14.0. The molecule has 34 heavy (non-hydrogen) atoms. The van der Waals surface area contributed by atoms with Crippen molar-refractivity contribution in [1.29, 1.82) is 5.26 Å². The zero-order valence-electron chi connectivity index (χ0n) is 18.2. The SMILES string of the molecule is C[C@@H](NS(=O)(=O)c1ccc(-c2c(C#N)c3cc(F)ccc3n2C2CCCCC2)nc1)C(F)(F)F. The molecule has 1 atom stereocenters. The lowest BCUT2D eigenvalue weighted by Crippen LogP contribution is -2.42. The van der Waals surface area contributed by atoms with Gasteiger partial charge in [-0.1, -0.05) is 19.3 Å². The molecule has 0 radical (unpaired) electrons. The van der Waals surface area contributed by atoms with Crippen molar-refractivity contribution in [3.05, 3.63) is 47.9 Å². The van der Waals surface area contributed by atoms with Crippen LogP contribution in [0.2, 0.25) is 0 Å². The highest BCUT2D eigenvalue weighted by atomic mass is 32.2. The normalized spacial score (nSPS) is 16.5. The smallest absolute Gasteiger partial charge is 0.335 e. The average Bonchev–Trinajstić information content (AvgIpc) is 3.12. The van der Waals surface area contributed by atoms with E-state index in [1.807, 2.05) is 4.57 Å². The number of sulfonamides is 1. The van der Waals surface area contributed by atoms with Gasteiger partial charge in [0.2, 0.25) is 10.0 Å². The van der Waals surface area contributed by atoms with Gasteiger partial charge in [-0.15, -0.1) is 0 Å². The molecule has 0 bridgehead atoms. The van der Waals surface area contributed by atoms with Crippen molar-refractivity contribution in [3.8, 4) is 17.5 Å². The Balaban J connectivity index is 1.82. The summed E-state index contributed by atoms with van der Waals surface area (Å²) in [4.78, 5) is 3.77. The lowest BCUT2D eigenvalue weighted by molar-refractivity contribution is -0.147. The first-order valence-electron chi connectivity index (χ1n) is 10.8. The van der Waals surface area contributed by atoms with Crippen LogP contribution in [0.25, 0.3) is 22.3 Å². The van der Waals surface area contributed by atoms with E-state index >= 15 is 0 Å². The molecular formula is C23H22F4N4O2S. The number of benzene rings is 1. The number of rotatable bonds is 5. The second-order valence-electron chi connectivity index (χ2n) is 8.42. The van der Waals surface area contributed by atoms with Crippen molar-refractivity contribution in [1.82, 2.24) is 14.3 Å². The molecule has 6 nitrogen and oxygen atoms in total. The van der Waals surface area contributed by atoms with Gasteiger partial charge in [-0.2, -0.15) is 23.2 Å². The average molecular weight is 495 g/mol. The summed E-state index contributed by atoms with van der Waals surface area (Å²) in [6.07, 6.45) is 1.05. The minimum Gasteiger partial charge on any atom is -0.335 e. The molecule has 1 aromatic carbocycles. The first kappa shape index (κ1) is 24.2. The second kappa shape index (κ2) is 9.00. The highest BCUT2D eigenvalue weighted by Gasteiger charge is 2.39. The van der Waals surface area contributed by atoms with Crippen LogP contribution in [0.1, 0.15) is 50.6 Å². The molecule has 3 aromatic rings. The number of fused-ring (bicyclic) bond motifs is 1. The van der Waals surface area contributed by atoms with Gasteiger partial charge in [0.05, 0.1) is 22.5 Å². The lowest BCUT2D eigenvalue weighted by Gasteiger charge is -2.26. The van der Waals surface area contributed by atoms with Gasteiger partial charge in [0.15, 0.2) is 0 Å². The molecule has 0 aliphatic heterocycles. The second-order valence-corrected chi connectivity index (χ2v) is 10.1. The van der Waals surface area contributed by atoms with Crippen LogP contribution in [0.3, 0.4) is 0 Å². The first-order chi connectivity index (χ1) is 16.0. The van der Waals surface area contributed by atoms with Crippen molar-refractivity contribution in [2.75, 3.05) is 0 Å². The van der Waals surface area contributed by atoms with Crippen LogP contribution >= 0.6 is 0 Å². The summed E-state index contributed by atoms with van der Waals surface area (Å²) in [5.41, 5.74) is 1.61. The minimum atomic E-state index is -4.74. The molecule has 1 aliphatic carbocycles. The van der Waals surface area contributed by atoms with E-state index in [0.29, 0.717) is 23.5 Å². The van der Waals surface area contributed by atoms with E-state index < -0.39 is 33.0 Å². The fraction of sp³-hybridized carbons (Fsp3) is 0.391. The summed E-state index contributed by atoms with van der Waals surface area (Å²) in [5, 5.41) is 10.3. The van der Waals surface area contributed by atoms with E-state index in [-0.39, 0.29) is 17.3 Å². The summed E-state index contributed by atoms with van der Waals surface area (Å²) in [6.45, 7) is 0.709. The summed E-state index contributed by atoms with van der Waals surface area (Å²) < 4.78 is 80.8. The third-order valence-electron chi connectivity index (χ3n) is 6.13. The monoisotopic (exact) mass is 494 g/mol. The van der Waals surface area contributed by atoms with Crippen LogP contribution in [0.5, 0.6) is 0 Å². The van der Waals surface area contributed by atoms with Crippen molar-refractivity contribution in [2.24, 2.45) is 0 Å². The molecule has 2 heterocycles. The summed E-state index contributed by atoms with van der Waals surface area (Å²) >= 11 is 0. The van der Waals surface area contributed by atoms with Crippen LogP contribution in [-0.2, 0) is 10.0 Å². The van der Waals surface area contributed by atoms with E-state index in [2.05, 4.69) is 11.1 Å². The predicted molar refractivity (Wildman–Crippen MR) is 118 cm³/mol. The number of nitrogens with zero attached hydrogens (tertiary/aromatic N) is 3. The Kier molecular flexibility index (Phi) is 6.40. The van der Waals surface area contributed by atoms with Crippen LogP contribution in [0, 0.1) is 17.1 Å². The standard InChI is InChI=1S/C23H22F4N4O2S/c1-14(23(25,26)27)30-34(32,33)17-8-9-20(29-13-17)22-19(12-28)18-11-15(24)7-10-21(18)31(22)16-5-3-2-4-6-16/h7-11,13-14,16,30H,2-6H2,1H3/t14-/m1/s1. The zero-order chi connectivity index (χ0) is 24.7. The van der Waals surface area contributed by atoms with Gasteiger partial charge in [0.25, 0.3) is 0 Å². The van der Waals surface area contributed by atoms with E-state index in [4.69, 9.17) is 0 Å². The predicted octanol–water partition coefficient (Wildman–Crippen LogP) is 5.45. The molecule has 0 unspecified atom stereocenters. The van der Waals surface area contributed by atoms with Gasteiger partial charge in [-0.25, -0.2) is 12.8 Å². The van der Waals surface area contributed by atoms with E-state index in [9.17, 15) is 31.2 Å². The molecule has 11 heteroatoms. The zero-order valence-corrected chi connectivity index (χ0v) is 19.0. The summed E-state index contributed by atoms with van der Waals surface area (Å²) in [6, 6.07) is 6.65. The topological polar surface area (TPSA) is 87.8 Å². The number of aromatic nitrogens is 2. The molecule has 1 N–H and O–H groups in total. The van der Waals surface area contributed by atoms with E-state index in [1.165, 1.54) is 18.2 Å². The molecule has 180 valence electrons. The number of hydrogen-bond acceptors (Lipinski definition) is 4. The number of pyridine rings is 1. The molecule has 0 saturated heterocycles. The van der Waals surface area contributed by atoms with E-state index in [0.717, 1.165) is 44.4 Å². The Morgan fingerprint density at radius 3 is 2.47 bits per heavy atom. The third kappa shape index (κ3) is 4.52. The quantitative estimate of drug-likeness (QED) is 0.478. The molecule has 1 fully saturated rings. The summed E-state index contributed by atoms with van der Waals surface area (Å²) in [7, 11) is -4.47. The Labute approximate surface area is 194 Å².